The zero-order valence-electron chi connectivity index (χ0n) is 45.5. The smallest absolute Gasteiger partial charge is 0.524 e. The Morgan fingerprint density at radius 2 is 1.69 bits per heavy atom. The Hall–Kier alpha value is -3.51. The largest absolute Gasteiger partial charge is 1.00 e. The number of Topliss-reactive ketones (excluding diaryl/α,β-unsaturated/α-hetero) is 1. The third-order valence-electron chi connectivity index (χ3n) is 18.9. The van der Waals surface area contributed by atoms with Crippen molar-refractivity contribution in [1.29, 1.82) is 0 Å². The van der Waals surface area contributed by atoms with Gasteiger partial charge in [0.25, 0.3) is 0 Å². The van der Waals surface area contributed by atoms with E-state index in [2.05, 4.69) is 43.4 Å². The molecule has 9 rings (SSSR count). The number of benzene rings is 2. The molecule has 0 spiro atoms. The van der Waals surface area contributed by atoms with Crippen molar-refractivity contribution in [1.82, 2.24) is 10.2 Å². The molecular formula is C59H85ClN3O13P. The molecule has 2 aliphatic heterocycles. The zero-order valence-corrected chi connectivity index (χ0v) is 47.2. The Balaban J connectivity index is 0.00000784. The maximum Gasteiger partial charge on any atom is 0.524 e. The minimum Gasteiger partial charge on any atom is -1.00 e. The van der Waals surface area contributed by atoms with E-state index in [1.807, 2.05) is 19.2 Å². The Kier molecular flexibility index (Phi) is 19.8. The number of fused-ring (bicyclic) bond motifs is 7. The SMILES string of the molecule is C[C@]12C=CC(=O)C=C1CC[C@@H]1[C@@H]2[C@@H](O)C[C@@]2(C)[C@H]1C[C@H]1O[C@@H](C3CCCCC3)O[C@]12C(=O)COC(=O)N1CC[N+](C)(Cc2cc(C(O)CNCCCCCCOCCCCc3ccccc3)ccc2OP(=O)(O)O)CC1.[Cl-]. The predicted octanol–water partition coefficient (Wildman–Crippen LogP) is 5.30. The standard InChI is InChI=1S/C59H84N3O13P.ClH/c1-57-26-25-46(63)35-45(57)22-23-47-48-36-53-59(58(48,2)37-49(64)54(47)57,74-55(73-53)42-19-10-7-11-20-42)52(66)40-72-56(67)61-28-30-62(3,31-29-61)39-44-34-43(21-24-51(44)75-76(68,69)70)50(65)38-60-27-13-4-5-14-32-71-33-15-12-18-41-16-8-6-9-17-41;/h6,8-9,16-17,21,24-26,34-35,42,47-50,53-55,60,64-65H,4-5,7,10-15,18-20,22-23,27-33,36-40H2,1-3H3,(H-,68,69,70);1H/t47-,48-,49-,50?,53+,54+,55+,57-,58-,59+;/m0./s1. The van der Waals surface area contributed by atoms with E-state index in [-0.39, 0.29) is 53.4 Å². The fourth-order valence-corrected chi connectivity index (χ4v) is 15.3. The number of quaternary nitrogens is 1. The van der Waals surface area contributed by atoms with Gasteiger partial charge in [-0.25, -0.2) is 9.36 Å². The molecule has 2 aromatic carbocycles. The van der Waals surface area contributed by atoms with Crippen LogP contribution in [-0.4, -0.2) is 137 Å². The van der Waals surface area contributed by atoms with Gasteiger partial charge in [-0.1, -0.05) is 94.0 Å². The number of amides is 1. The molecule has 1 amide bonds. The van der Waals surface area contributed by atoms with Gasteiger partial charge < -0.3 is 55.9 Å². The Morgan fingerprint density at radius 1 is 0.961 bits per heavy atom. The quantitative estimate of drug-likeness (QED) is 0.0544. The molecule has 426 valence electrons. The number of rotatable bonds is 23. The molecular weight excluding hydrogens is 1030 g/mol. The van der Waals surface area contributed by atoms with Crippen LogP contribution in [0.5, 0.6) is 5.75 Å². The summed E-state index contributed by atoms with van der Waals surface area (Å²) in [5.74, 6) is -0.257. The Bertz CT molecular complexity index is 2460. The van der Waals surface area contributed by atoms with Crippen LogP contribution in [0.1, 0.15) is 133 Å². The number of hydrogen-bond donors (Lipinski definition) is 5. The average Bonchev–Trinajstić information content (AvgIpc) is 3.90. The topological polar surface area (TPSA) is 211 Å². The number of phosphoric ester groups is 1. The van der Waals surface area contributed by atoms with Crippen LogP contribution in [0.3, 0.4) is 0 Å². The van der Waals surface area contributed by atoms with Gasteiger partial charge in [0, 0.05) is 48.0 Å². The maximum atomic E-state index is 15.1. The number of carbonyl (C=O) groups is 3. The van der Waals surface area contributed by atoms with E-state index in [0.29, 0.717) is 67.7 Å². The number of carbonyl (C=O) groups excluding carboxylic acids is 3. The number of ketones is 2. The van der Waals surface area contributed by atoms with Gasteiger partial charge in [0.2, 0.25) is 5.78 Å². The summed E-state index contributed by atoms with van der Waals surface area (Å²) in [6.45, 7) is 8.16. The lowest BCUT2D eigenvalue weighted by Gasteiger charge is -2.59. The molecule has 1 unspecified atom stereocenters. The number of phosphoric acid groups is 1. The minimum atomic E-state index is -4.91. The number of aryl methyl sites for hydroxylation is 1. The molecule has 4 saturated carbocycles. The van der Waals surface area contributed by atoms with E-state index >= 15 is 4.79 Å². The lowest BCUT2D eigenvalue weighted by molar-refractivity contribution is -0.926. The van der Waals surface area contributed by atoms with E-state index in [4.69, 9.17) is 23.5 Å². The summed E-state index contributed by atoms with van der Waals surface area (Å²) < 4.78 is 43.3. The van der Waals surface area contributed by atoms with Crippen molar-refractivity contribution < 1.29 is 79.3 Å². The number of nitrogens with one attached hydrogen (secondary N) is 1. The molecule has 0 radical (unpaired) electrons. The summed E-state index contributed by atoms with van der Waals surface area (Å²) in [5, 5.41) is 26.8. The van der Waals surface area contributed by atoms with Gasteiger partial charge in [0.05, 0.1) is 51.5 Å². The summed E-state index contributed by atoms with van der Waals surface area (Å²) in [5.41, 5.74) is 0.850. The van der Waals surface area contributed by atoms with E-state index in [1.165, 1.54) is 11.6 Å². The van der Waals surface area contributed by atoms with Gasteiger partial charge in [-0.15, -0.1) is 0 Å². The van der Waals surface area contributed by atoms with Crippen LogP contribution in [0.2, 0.25) is 0 Å². The number of hydrogen-bond acceptors (Lipinski definition) is 12. The molecule has 0 aromatic heterocycles. The van der Waals surface area contributed by atoms with E-state index < -0.39 is 61.6 Å². The molecule has 6 fully saturated rings. The highest BCUT2D eigenvalue weighted by molar-refractivity contribution is 7.46. The van der Waals surface area contributed by atoms with Gasteiger partial charge in [-0.3, -0.25) is 24.3 Å². The molecule has 5 aliphatic carbocycles. The van der Waals surface area contributed by atoms with Crippen molar-refractivity contribution in [3.05, 3.63) is 89.0 Å². The van der Waals surface area contributed by atoms with Crippen LogP contribution >= 0.6 is 7.82 Å². The van der Waals surface area contributed by atoms with E-state index in [9.17, 15) is 34.2 Å². The van der Waals surface area contributed by atoms with Crippen molar-refractivity contribution >= 4 is 25.5 Å². The number of aliphatic hydroxyl groups excluding tert-OH is 2. The molecule has 77 heavy (non-hydrogen) atoms. The monoisotopic (exact) mass is 1110 g/mol. The fourth-order valence-electron chi connectivity index (χ4n) is 14.8. The van der Waals surface area contributed by atoms with E-state index in [1.54, 1.807) is 29.2 Å². The van der Waals surface area contributed by atoms with Gasteiger partial charge in [-0.05, 0) is 124 Å². The summed E-state index contributed by atoms with van der Waals surface area (Å²) in [6.07, 6.45) is 17.0. The second-order valence-electron chi connectivity index (χ2n) is 24.0. The fraction of sp³-hybridized carbons (Fsp3) is 0.678. The normalized spacial score (nSPS) is 31.0. The summed E-state index contributed by atoms with van der Waals surface area (Å²) >= 11 is 0. The second-order valence-corrected chi connectivity index (χ2v) is 25.2. The number of nitrogens with zero attached hydrogens (tertiary/aromatic N) is 2. The highest BCUT2D eigenvalue weighted by Crippen LogP contribution is 2.70. The van der Waals surface area contributed by atoms with Crippen LogP contribution in [0.15, 0.2) is 72.3 Å². The third kappa shape index (κ3) is 13.3. The second kappa shape index (κ2) is 25.5. The molecule has 18 heteroatoms. The molecule has 16 nitrogen and oxygen atoms in total. The number of allylic oxidation sites excluding steroid dienone is 4. The van der Waals surface area contributed by atoms with Crippen molar-refractivity contribution in [2.24, 2.45) is 34.5 Å². The Morgan fingerprint density at radius 3 is 2.43 bits per heavy atom. The van der Waals surface area contributed by atoms with Crippen LogP contribution in [0, 0.1) is 34.5 Å². The van der Waals surface area contributed by atoms with Crippen molar-refractivity contribution in [3.63, 3.8) is 0 Å². The van der Waals surface area contributed by atoms with Crippen LogP contribution in [0.25, 0.3) is 0 Å². The average molecular weight is 1110 g/mol. The molecule has 0 bridgehead atoms. The lowest BCUT2D eigenvalue weighted by atomic mass is 9.46. The minimum absolute atomic E-state index is 0. The molecule has 5 N–H and O–H groups in total. The Labute approximate surface area is 461 Å². The van der Waals surface area contributed by atoms with Crippen LogP contribution in [-0.2, 0) is 46.1 Å². The number of ether oxygens (including phenoxy) is 4. The molecule has 2 heterocycles. The van der Waals surface area contributed by atoms with Crippen LogP contribution in [0.4, 0.5) is 4.79 Å². The van der Waals surface area contributed by atoms with E-state index in [0.717, 1.165) is 115 Å². The molecule has 2 aromatic rings. The van der Waals surface area contributed by atoms with Crippen molar-refractivity contribution in [2.75, 3.05) is 66.1 Å². The van der Waals surface area contributed by atoms with Gasteiger partial charge in [0.15, 0.2) is 24.3 Å². The number of likely N-dealkylation sites (N-methyl/N-ethyl adjacent to an activating group) is 1. The van der Waals surface area contributed by atoms with Crippen molar-refractivity contribution in [3.8, 4) is 5.75 Å². The first-order chi connectivity index (χ1) is 36.4. The number of piperazine rings is 1. The maximum absolute atomic E-state index is 15.1. The first-order valence-electron chi connectivity index (χ1n) is 28.5. The third-order valence-corrected chi connectivity index (χ3v) is 19.4. The van der Waals surface area contributed by atoms with Gasteiger partial charge in [-0.2, -0.15) is 0 Å². The highest BCUT2D eigenvalue weighted by atomic mass is 35.5. The van der Waals surface area contributed by atoms with Gasteiger partial charge in [0.1, 0.15) is 12.3 Å². The first-order valence-corrected chi connectivity index (χ1v) is 30.1. The van der Waals surface area contributed by atoms with Crippen LogP contribution < -0.4 is 22.2 Å². The summed E-state index contributed by atoms with van der Waals surface area (Å²) in [7, 11) is -2.91. The highest BCUT2D eigenvalue weighted by Gasteiger charge is 2.76. The molecule has 7 aliphatic rings. The molecule has 2 saturated heterocycles. The number of halogens is 1. The molecule has 10 atom stereocenters. The number of aliphatic hydroxyl groups is 2. The first kappa shape index (κ1) is 59.6. The summed E-state index contributed by atoms with van der Waals surface area (Å²) in [6, 6.07) is 15.4. The zero-order chi connectivity index (χ0) is 53.7. The lowest BCUT2D eigenvalue weighted by Crippen LogP contribution is -3.00. The summed E-state index contributed by atoms with van der Waals surface area (Å²) in [4.78, 5) is 62.7. The number of unbranched alkanes of at least 4 members (excludes halogenated alkanes) is 4. The predicted molar refractivity (Wildman–Crippen MR) is 286 cm³/mol. The van der Waals surface area contributed by atoms with Crippen molar-refractivity contribution in [2.45, 2.75) is 153 Å². The van der Waals surface area contributed by atoms with Gasteiger partial charge >= 0.3 is 13.9 Å².